The first-order chi connectivity index (χ1) is 11.6. The van der Waals surface area contributed by atoms with Gasteiger partial charge < -0.3 is 5.73 Å². The van der Waals surface area contributed by atoms with Crippen molar-refractivity contribution in [1.29, 1.82) is 0 Å². The highest BCUT2D eigenvalue weighted by molar-refractivity contribution is 8.13. The average molecular weight is 342 g/mol. The predicted octanol–water partition coefficient (Wildman–Crippen LogP) is 3.74. The van der Waals surface area contributed by atoms with E-state index in [1.165, 1.54) is 24.0 Å². The molecule has 0 aliphatic heterocycles. The number of aryl methyl sites for hydroxylation is 1. The number of nitrogens with two attached hydrogens (primary N) is 1. The van der Waals surface area contributed by atoms with Gasteiger partial charge in [0, 0.05) is 22.9 Å². The Labute approximate surface area is 144 Å². The maximum absolute atomic E-state index is 11.0. The number of benzene rings is 2. The Morgan fingerprint density at radius 3 is 2.71 bits per heavy atom. The maximum Gasteiger partial charge on any atom is 0.273 e. The molecule has 0 saturated heterocycles. The summed E-state index contributed by atoms with van der Waals surface area (Å²) in [4.78, 5) is 10.7. The topological polar surface area (TPSA) is 93.9 Å². The summed E-state index contributed by atoms with van der Waals surface area (Å²) in [6.45, 7) is 1.88. The standard InChI is InChI=1S/C17H18N4O2S/c1-2-15-9-8-14(10-16(15)21(22)23)11-19-20-17(18)24-12-13-6-4-3-5-7-13/h3-11H,2,12H2,1H3,(H2,18,20). The molecule has 7 heteroatoms. The van der Waals surface area contributed by atoms with Crippen LogP contribution in [-0.2, 0) is 12.2 Å². The summed E-state index contributed by atoms with van der Waals surface area (Å²) in [6.07, 6.45) is 2.07. The molecule has 2 aromatic rings. The highest BCUT2D eigenvalue weighted by atomic mass is 32.2. The first-order valence-electron chi connectivity index (χ1n) is 7.40. The zero-order valence-electron chi connectivity index (χ0n) is 13.3. The SMILES string of the molecule is CCc1ccc(C=NN=C(N)SCc2ccccc2)cc1[N+](=O)[O-]. The molecule has 0 heterocycles. The van der Waals surface area contributed by atoms with Crippen LogP contribution in [0.4, 0.5) is 5.69 Å². The molecule has 0 unspecified atom stereocenters. The summed E-state index contributed by atoms with van der Waals surface area (Å²) in [5.74, 6) is 0.711. The molecule has 124 valence electrons. The smallest absolute Gasteiger partial charge is 0.273 e. The van der Waals surface area contributed by atoms with E-state index in [1.807, 2.05) is 37.3 Å². The third kappa shape index (κ3) is 5.20. The van der Waals surface area contributed by atoms with Crippen molar-refractivity contribution in [3.05, 3.63) is 75.3 Å². The van der Waals surface area contributed by atoms with Gasteiger partial charge in [-0.05, 0) is 12.0 Å². The Bertz CT molecular complexity index is 760. The van der Waals surface area contributed by atoms with Crippen molar-refractivity contribution < 1.29 is 4.92 Å². The van der Waals surface area contributed by atoms with Crippen LogP contribution >= 0.6 is 11.8 Å². The molecular weight excluding hydrogens is 324 g/mol. The van der Waals surface area contributed by atoms with Gasteiger partial charge in [0.1, 0.15) is 0 Å². The summed E-state index contributed by atoms with van der Waals surface area (Å²) in [5, 5.41) is 19.2. The number of nitro groups is 1. The van der Waals surface area contributed by atoms with E-state index in [0.29, 0.717) is 28.5 Å². The molecule has 6 nitrogen and oxygen atoms in total. The molecule has 0 atom stereocenters. The molecule has 24 heavy (non-hydrogen) atoms. The van der Waals surface area contributed by atoms with Crippen LogP contribution in [0.15, 0.2) is 58.7 Å². The van der Waals surface area contributed by atoms with Crippen molar-refractivity contribution in [2.45, 2.75) is 19.1 Å². The van der Waals surface area contributed by atoms with Crippen molar-refractivity contribution in [2.75, 3.05) is 0 Å². The van der Waals surface area contributed by atoms with E-state index in [-0.39, 0.29) is 10.6 Å². The molecule has 0 spiro atoms. The van der Waals surface area contributed by atoms with Crippen LogP contribution in [0, 0.1) is 10.1 Å². The van der Waals surface area contributed by atoms with Gasteiger partial charge in [-0.3, -0.25) is 10.1 Å². The lowest BCUT2D eigenvalue weighted by molar-refractivity contribution is -0.385. The van der Waals surface area contributed by atoms with Crippen LogP contribution < -0.4 is 5.73 Å². The van der Waals surface area contributed by atoms with Gasteiger partial charge >= 0.3 is 0 Å². The van der Waals surface area contributed by atoms with Crippen molar-refractivity contribution in [1.82, 2.24) is 0 Å². The Kier molecular flexibility index (Phi) is 6.51. The maximum atomic E-state index is 11.0. The van der Waals surface area contributed by atoms with Crippen LogP contribution in [0.3, 0.4) is 0 Å². The lowest BCUT2D eigenvalue weighted by Crippen LogP contribution is -2.06. The van der Waals surface area contributed by atoms with E-state index >= 15 is 0 Å². The summed E-state index contributed by atoms with van der Waals surface area (Å²) in [6, 6.07) is 14.9. The molecule has 2 rings (SSSR count). The molecule has 2 aromatic carbocycles. The molecule has 0 bridgehead atoms. The number of nitro benzene ring substituents is 1. The number of nitrogens with zero attached hydrogens (tertiary/aromatic N) is 3. The van der Waals surface area contributed by atoms with Gasteiger partial charge in [0.05, 0.1) is 11.1 Å². The summed E-state index contributed by atoms with van der Waals surface area (Å²) >= 11 is 1.38. The fourth-order valence-electron chi connectivity index (χ4n) is 2.04. The van der Waals surface area contributed by atoms with Gasteiger partial charge in [-0.2, -0.15) is 5.10 Å². The highest BCUT2D eigenvalue weighted by Crippen LogP contribution is 2.20. The van der Waals surface area contributed by atoms with Crippen LogP contribution in [0.2, 0.25) is 0 Å². The van der Waals surface area contributed by atoms with Crippen LogP contribution in [0.25, 0.3) is 0 Å². The van der Waals surface area contributed by atoms with Crippen molar-refractivity contribution in [2.24, 2.45) is 15.9 Å². The van der Waals surface area contributed by atoms with E-state index in [4.69, 9.17) is 5.73 Å². The zero-order valence-corrected chi connectivity index (χ0v) is 14.1. The Balaban J connectivity index is 1.99. The van der Waals surface area contributed by atoms with E-state index in [9.17, 15) is 10.1 Å². The largest absolute Gasteiger partial charge is 0.377 e. The van der Waals surface area contributed by atoms with Gasteiger partial charge in [0.15, 0.2) is 5.17 Å². The van der Waals surface area contributed by atoms with Crippen LogP contribution in [0.5, 0.6) is 0 Å². The third-order valence-electron chi connectivity index (χ3n) is 3.28. The van der Waals surface area contributed by atoms with Gasteiger partial charge in [0.2, 0.25) is 0 Å². The zero-order chi connectivity index (χ0) is 17.4. The second-order valence-electron chi connectivity index (χ2n) is 4.96. The van der Waals surface area contributed by atoms with E-state index < -0.39 is 0 Å². The number of hydrogen-bond acceptors (Lipinski definition) is 5. The number of amidine groups is 1. The highest BCUT2D eigenvalue weighted by Gasteiger charge is 2.12. The number of rotatable bonds is 6. The fraction of sp³-hybridized carbons (Fsp3) is 0.176. The lowest BCUT2D eigenvalue weighted by atomic mass is 10.1. The third-order valence-corrected chi connectivity index (χ3v) is 4.13. The lowest BCUT2D eigenvalue weighted by Gasteiger charge is -2.00. The van der Waals surface area contributed by atoms with Gasteiger partial charge in [0.25, 0.3) is 5.69 Å². The molecule has 0 radical (unpaired) electrons. The van der Waals surface area contributed by atoms with Crippen molar-refractivity contribution in [3.63, 3.8) is 0 Å². The van der Waals surface area contributed by atoms with Gasteiger partial charge in [-0.25, -0.2) is 0 Å². The van der Waals surface area contributed by atoms with E-state index in [0.717, 1.165) is 5.56 Å². The quantitative estimate of drug-likeness (QED) is 0.374. The van der Waals surface area contributed by atoms with Crippen molar-refractivity contribution in [3.8, 4) is 0 Å². The second-order valence-corrected chi connectivity index (χ2v) is 5.95. The minimum atomic E-state index is -0.385. The summed E-state index contributed by atoms with van der Waals surface area (Å²) in [7, 11) is 0. The molecule has 0 amide bonds. The number of hydrogen-bond donors (Lipinski definition) is 1. The van der Waals surface area contributed by atoms with E-state index in [2.05, 4.69) is 10.2 Å². The van der Waals surface area contributed by atoms with Crippen LogP contribution in [0.1, 0.15) is 23.6 Å². The van der Waals surface area contributed by atoms with Gasteiger partial charge in [-0.1, -0.05) is 61.2 Å². The summed E-state index contributed by atoms with van der Waals surface area (Å²) < 4.78 is 0. The molecule has 0 aromatic heterocycles. The second kappa shape index (κ2) is 8.83. The van der Waals surface area contributed by atoms with Crippen molar-refractivity contribution >= 4 is 28.8 Å². The molecule has 0 fully saturated rings. The predicted molar refractivity (Wildman–Crippen MR) is 99.4 cm³/mol. The van der Waals surface area contributed by atoms with Crippen LogP contribution in [-0.4, -0.2) is 16.3 Å². The molecule has 2 N–H and O–H groups in total. The minimum absolute atomic E-state index is 0.0943. The van der Waals surface area contributed by atoms with E-state index in [1.54, 1.807) is 12.1 Å². The fourth-order valence-corrected chi connectivity index (χ4v) is 2.65. The number of thioether (sulfide) groups is 1. The molecule has 0 aliphatic carbocycles. The molecule has 0 aliphatic rings. The minimum Gasteiger partial charge on any atom is -0.377 e. The summed E-state index contributed by atoms with van der Waals surface area (Å²) in [5.41, 5.74) is 8.35. The first-order valence-corrected chi connectivity index (χ1v) is 8.39. The average Bonchev–Trinajstić information content (AvgIpc) is 2.60. The van der Waals surface area contributed by atoms with Gasteiger partial charge in [-0.15, -0.1) is 5.10 Å². The monoisotopic (exact) mass is 342 g/mol. The molecule has 0 saturated carbocycles. The Morgan fingerprint density at radius 2 is 2.04 bits per heavy atom. The normalized spacial score (nSPS) is 11.8. The first kappa shape index (κ1) is 17.7. The Morgan fingerprint density at radius 1 is 1.29 bits per heavy atom. The Hall–Kier alpha value is -2.67. The molecular formula is C17H18N4O2S.